The number of rotatable bonds is 4. The van der Waals surface area contributed by atoms with E-state index in [1.165, 1.54) is 17.0 Å². The number of halogens is 3. The number of ether oxygens (including phenoxy) is 1. The van der Waals surface area contributed by atoms with Gasteiger partial charge in [-0.1, -0.05) is 23.2 Å². The third-order valence-corrected chi connectivity index (χ3v) is 4.99. The number of hydrogen-bond donors (Lipinski definition) is 1. The van der Waals surface area contributed by atoms with E-state index < -0.39 is 12.3 Å². The van der Waals surface area contributed by atoms with Gasteiger partial charge in [-0.25, -0.2) is 9.18 Å². The van der Waals surface area contributed by atoms with Crippen LogP contribution >= 0.6 is 23.2 Å². The van der Waals surface area contributed by atoms with E-state index in [9.17, 15) is 9.18 Å². The Kier molecular flexibility index (Phi) is 6.65. The summed E-state index contributed by atoms with van der Waals surface area (Å²) in [6.07, 6.45) is -0.953. The Hall–Kier alpha value is -2.02. The zero-order valence-electron chi connectivity index (χ0n) is 15.7. The number of hydrogen-bond acceptors (Lipinski definition) is 4. The van der Waals surface area contributed by atoms with E-state index >= 15 is 0 Å². The highest BCUT2D eigenvalue weighted by atomic mass is 35.5. The normalized spacial score (nSPS) is 16.8. The topological polar surface area (TPSA) is 44.8 Å². The van der Waals surface area contributed by atoms with E-state index in [4.69, 9.17) is 27.9 Å². The van der Waals surface area contributed by atoms with Crippen molar-refractivity contribution in [3.8, 4) is 0 Å². The smallest absolute Gasteiger partial charge is 0.411 e. The number of nitrogens with one attached hydrogen (secondary N) is 1. The minimum atomic E-state index is -0.490. The van der Waals surface area contributed by atoms with Gasteiger partial charge in [0.05, 0.1) is 6.54 Å². The molecule has 2 aromatic rings. The Morgan fingerprint density at radius 1 is 1.29 bits per heavy atom. The molecule has 0 aliphatic carbocycles. The molecule has 0 aromatic heterocycles. The molecule has 1 aliphatic rings. The van der Waals surface area contributed by atoms with Crippen LogP contribution in [0.2, 0.25) is 10.0 Å². The lowest BCUT2D eigenvalue weighted by Crippen LogP contribution is -2.54. The van der Waals surface area contributed by atoms with Gasteiger partial charge in [0.2, 0.25) is 0 Å². The van der Waals surface area contributed by atoms with E-state index in [1.807, 2.05) is 11.8 Å². The summed E-state index contributed by atoms with van der Waals surface area (Å²) in [5, 5.41) is 4.25. The van der Waals surface area contributed by atoms with Crippen molar-refractivity contribution in [1.29, 1.82) is 0 Å². The molecule has 0 saturated carbocycles. The molecule has 1 aliphatic heterocycles. The van der Waals surface area contributed by atoms with Crippen LogP contribution in [0.25, 0.3) is 0 Å². The lowest BCUT2D eigenvalue weighted by molar-refractivity contribution is 0.0598. The summed E-state index contributed by atoms with van der Waals surface area (Å²) in [6, 6.07) is 9.76. The highest BCUT2D eigenvalue weighted by molar-refractivity contribution is 6.34. The van der Waals surface area contributed by atoms with Crippen LogP contribution in [0.3, 0.4) is 0 Å². The van der Waals surface area contributed by atoms with Gasteiger partial charge in [-0.05, 0) is 54.4 Å². The Morgan fingerprint density at radius 3 is 2.68 bits per heavy atom. The van der Waals surface area contributed by atoms with Crippen LogP contribution in [0.4, 0.5) is 14.9 Å². The van der Waals surface area contributed by atoms with Gasteiger partial charge in [0.15, 0.2) is 6.23 Å². The summed E-state index contributed by atoms with van der Waals surface area (Å²) in [5.41, 5.74) is 2.46. The lowest BCUT2D eigenvalue weighted by atomic mass is 10.1. The van der Waals surface area contributed by atoms with Gasteiger partial charge < -0.3 is 19.9 Å². The molecule has 0 radical (unpaired) electrons. The maximum atomic E-state index is 13.4. The molecule has 28 heavy (non-hydrogen) atoms. The average molecular weight is 426 g/mol. The van der Waals surface area contributed by atoms with Gasteiger partial charge in [-0.3, -0.25) is 0 Å². The van der Waals surface area contributed by atoms with Crippen molar-refractivity contribution in [2.24, 2.45) is 0 Å². The number of anilines is 1. The van der Waals surface area contributed by atoms with Crippen molar-refractivity contribution < 1.29 is 13.9 Å². The quantitative estimate of drug-likeness (QED) is 0.785. The molecule has 1 heterocycles. The summed E-state index contributed by atoms with van der Waals surface area (Å²) in [5.74, 6) is -0.287. The Morgan fingerprint density at radius 2 is 2.00 bits per heavy atom. The van der Waals surface area contributed by atoms with Gasteiger partial charge in [-0.15, -0.1) is 0 Å². The van der Waals surface area contributed by atoms with Gasteiger partial charge in [0.1, 0.15) is 5.82 Å². The predicted octanol–water partition coefficient (Wildman–Crippen LogP) is 4.45. The van der Waals surface area contributed by atoms with Crippen LogP contribution in [0.15, 0.2) is 36.4 Å². The minimum absolute atomic E-state index is 0.287. The highest BCUT2D eigenvalue weighted by Gasteiger charge is 2.28. The third kappa shape index (κ3) is 5.07. The van der Waals surface area contributed by atoms with Crippen LogP contribution < -0.4 is 10.2 Å². The summed E-state index contributed by atoms with van der Waals surface area (Å²) in [7, 11) is 1.65. The van der Waals surface area contributed by atoms with E-state index in [2.05, 4.69) is 5.32 Å². The molecule has 1 fully saturated rings. The molecule has 1 atom stereocenters. The molecule has 2 aromatic carbocycles. The molecule has 1 N–H and O–H groups in total. The average Bonchev–Trinajstić information content (AvgIpc) is 2.61. The van der Waals surface area contributed by atoms with Gasteiger partial charge in [0, 0.05) is 42.4 Å². The predicted molar refractivity (Wildman–Crippen MR) is 110 cm³/mol. The zero-order valence-corrected chi connectivity index (χ0v) is 17.2. The summed E-state index contributed by atoms with van der Waals surface area (Å²) >= 11 is 12.0. The molecule has 1 amide bonds. The van der Waals surface area contributed by atoms with Crippen LogP contribution in [0.1, 0.15) is 11.1 Å². The van der Waals surface area contributed by atoms with Crippen LogP contribution in [-0.4, -0.2) is 43.9 Å². The van der Waals surface area contributed by atoms with Crippen molar-refractivity contribution in [1.82, 2.24) is 10.2 Å². The Labute approximate surface area is 174 Å². The summed E-state index contributed by atoms with van der Waals surface area (Å²) in [4.78, 5) is 16.1. The minimum Gasteiger partial charge on any atom is -0.424 e. The molecular formula is C20H22Cl2FN3O2. The molecule has 3 rings (SSSR count). The maximum Gasteiger partial charge on any atom is 0.411 e. The fourth-order valence-electron chi connectivity index (χ4n) is 3.25. The van der Waals surface area contributed by atoms with Gasteiger partial charge in [0.25, 0.3) is 0 Å². The monoisotopic (exact) mass is 425 g/mol. The first-order chi connectivity index (χ1) is 13.3. The van der Waals surface area contributed by atoms with Crippen molar-refractivity contribution in [3.63, 3.8) is 0 Å². The lowest BCUT2D eigenvalue weighted by Gasteiger charge is -2.38. The zero-order chi connectivity index (χ0) is 20.3. The van der Waals surface area contributed by atoms with E-state index in [-0.39, 0.29) is 5.82 Å². The van der Waals surface area contributed by atoms with Crippen LogP contribution in [0.5, 0.6) is 0 Å². The first-order valence-electron chi connectivity index (χ1n) is 8.93. The van der Waals surface area contributed by atoms with Crippen molar-refractivity contribution >= 4 is 35.0 Å². The fourth-order valence-corrected chi connectivity index (χ4v) is 3.82. The second-order valence-electron chi connectivity index (χ2n) is 6.80. The number of piperazine rings is 1. The first-order valence-corrected chi connectivity index (χ1v) is 9.69. The largest absolute Gasteiger partial charge is 0.424 e. The molecule has 0 spiro atoms. The molecule has 5 nitrogen and oxygen atoms in total. The van der Waals surface area contributed by atoms with E-state index in [1.54, 1.807) is 31.3 Å². The van der Waals surface area contributed by atoms with Crippen LogP contribution in [0, 0.1) is 12.7 Å². The number of amides is 1. The molecular weight excluding hydrogens is 404 g/mol. The second-order valence-corrected chi connectivity index (χ2v) is 7.67. The maximum absolute atomic E-state index is 13.4. The summed E-state index contributed by atoms with van der Waals surface area (Å²) < 4.78 is 19.2. The number of carbonyl (C=O) groups excluding carboxylic acids is 1. The Bertz CT molecular complexity index is 845. The standard InChI is InChI=1S/C20H22Cl2FN3O2/c1-13-7-17(23)3-4-18(13)26-6-5-24-11-19(26)28-20(27)25(2)12-14-8-15(21)10-16(22)9-14/h3-4,7-10,19,24H,5-6,11-12H2,1-2H3. The van der Waals surface area contributed by atoms with Crippen LogP contribution in [-0.2, 0) is 11.3 Å². The molecule has 1 unspecified atom stereocenters. The fraction of sp³-hybridized carbons (Fsp3) is 0.350. The highest BCUT2D eigenvalue weighted by Crippen LogP contribution is 2.25. The van der Waals surface area contributed by atoms with Gasteiger partial charge >= 0.3 is 6.09 Å². The molecule has 0 bridgehead atoms. The van der Waals surface area contributed by atoms with Crippen molar-refractivity contribution in [3.05, 3.63) is 63.4 Å². The summed E-state index contributed by atoms with van der Waals surface area (Å²) in [6.45, 7) is 4.04. The first kappa shape index (κ1) is 20.7. The van der Waals surface area contributed by atoms with Crippen molar-refractivity contribution in [2.45, 2.75) is 19.7 Å². The number of carbonyl (C=O) groups is 1. The SMILES string of the molecule is Cc1cc(F)ccc1N1CCNCC1OC(=O)N(C)Cc1cc(Cl)cc(Cl)c1. The number of benzene rings is 2. The van der Waals surface area contributed by atoms with E-state index in [0.717, 1.165) is 23.4 Å². The van der Waals surface area contributed by atoms with Crippen molar-refractivity contribution in [2.75, 3.05) is 31.6 Å². The molecule has 1 saturated heterocycles. The number of nitrogens with zero attached hydrogens (tertiary/aromatic N) is 2. The molecule has 8 heteroatoms. The second kappa shape index (κ2) is 8.99. The van der Waals surface area contributed by atoms with Gasteiger partial charge in [-0.2, -0.15) is 0 Å². The number of aryl methyl sites for hydroxylation is 1. The van der Waals surface area contributed by atoms with E-state index in [0.29, 0.717) is 29.7 Å². The Balaban J connectivity index is 1.69. The molecule has 150 valence electrons. The third-order valence-electron chi connectivity index (χ3n) is 4.55.